The number of rotatable bonds is 8. The molecule has 0 aliphatic rings. The summed E-state index contributed by atoms with van der Waals surface area (Å²) in [7, 11) is 0. The normalized spacial score (nSPS) is 11.4. The van der Waals surface area contributed by atoms with E-state index in [1.165, 1.54) is 36.5 Å². The van der Waals surface area contributed by atoms with E-state index in [4.69, 9.17) is 16.3 Å². The highest BCUT2D eigenvalue weighted by molar-refractivity contribution is 6.31. The molecule has 0 atom stereocenters. The molecule has 0 radical (unpaired) electrons. The summed E-state index contributed by atoms with van der Waals surface area (Å²) >= 11 is 5.96. The zero-order chi connectivity index (χ0) is 23.1. The highest BCUT2D eigenvalue weighted by Gasteiger charge is 2.30. The molecular weight excluding hydrogens is 450 g/mol. The van der Waals surface area contributed by atoms with Gasteiger partial charge in [-0.25, -0.2) is 4.39 Å². The second-order valence-corrected chi connectivity index (χ2v) is 6.83. The van der Waals surface area contributed by atoms with Crippen molar-refractivity contribution in [3.05, 3.63) is 101 Å². The average molecular weight is 466 g/mol. The minimum atomic E-state index is -4.76. The van der Waals surface area contributed by atoms with Crippen LogP contribution in [0.4, 0.5) is 23.2 Å². The molecule has 166 valence electrons. The topological polar surface area (TPSA) is 47.6 Å². The van der Waals surface area contributed by atoms with Crippen molar-refractivity contribution in [2.75, 3.05) is 5.32 Å². The Kier molecular flexibility index (Phi) is 7.37. The first-order chi connectivity index (χ1) is 15.2. The number of hydrogen-bond donors (Lipinski definition) is 1. The lowest BCUT2D eigenvalue weighted by molar-refractivity contribution is -0.274. The molecule has 0 heterocycles. The lowest BCUT2D eigenvalue weighted by Gasteiger charge is -2.09. The van der Waals surface area contributed by atoms with Crippen molar-refractivity contribution in [3.8, 4) is 11.5 Å². The second kappa shape index (κ2) is 10.2. The van der Waals surface area contributed by atoms with Gasteiger partial charge in [-0.1, -0.05) is 17.7 Å². The summed E-state index contributed by atoms with van der Waals surface area (Å²) in [5.41, 5.74) is 1.09. The first-order valence-electron chi connectivity index (χ1n) is 9.20. The van der Waals surface area contributed by atoms with Crippen LogP contribution in [0.25, 0.3) is 0 Å². The fourth-order valence-corrected chi connectivity index (χ4v) is 2.82. The number of allylic oxidation sites excluding steroid dienone is 1. The quantitative estimate of drug-likeness (QED) is 0.227. The molecule has 0 saturated carbocycles. The van der Waals surface area contributed by atoms with Gasteiger partial charge in [0.2, 0.25) is 0 Å². The third-order valence-electron chi connectivity index (χ3n) is 4.16. The van der Waals surface area contributed by atoms with Gasteiger partial charge in [-0.15, -0.1) is 13.2 Å². The predicted molar refractivity (Wildman–Crippen MR) is 112 cm³/mol. The van der Waals surface area contributed by atoms with Gasteiger partial charge >= 0.3 is 6.36 Å². The molecule has 0 aliphatic heterocycles. The van der Waals surface area contributed by atoms with Crippen molar-refractivity contribution in [2.45, 2.75) is 13.0 Å². The first kappa shape index (κ1) is 23.1. The Bertz CT molecular complexity index is 1080. The second-order valence-electron chi connectivity index (χ2n) is 6.43. The van der Waals surface area contributed by atoms with Crippen LogP contribution in [0.5, 0.6) is 11.5 Å². The van der Waals surface area contributed by atoms with Gasteiger partial charge < -0.3 is 14.8 Å². The molecule has 1 N–H and O–H groups in total. The smallest absolute Gasteiger partial charge is 0.489 e. The van der Waals surface area contributed by atoms with Crippen LogP contribution in [-0.4, -0.2) is 12.1 Å². The number of ether oxygens (including phenoxy) is 2. The maximum absolute atomic E-state index is 13.8. The summed E-state index contributed by atoms with van der Waals surface area (Å²) in [6, 6.07) is 15.7. The van der Waals surface area contributed by atoms with E-state index in [1.54, 1.807) is 30.3 Å². The molecule has 9 heteroatoms. The summed E-state index contributed by atoms with van der Waals surface area (Å²) in [6.45, 7) is -0.0601. The molecular formula is C23H16ClF4NO3. The number of carbonyl (C=O) groups excluding carboxylic acids is 1. The van der Waals surface area contributed by atoms with Crippen molar-refractivity contribution < 1.29 is 31.8 Å². The van der Waals surface area contributed by atoms with Crippen LogP contribution in [0.15, 0.2) is 79.0 Å². The van der Waals surface area contributed by atoms with Crippen LogP contribution >= 0.6 is 11.6 Å². The number of hydrogen-bond acceptors (Lipinski definition) is 4. The van der Waals surface area contributed by atoms with E-state index in [0.717, 1.165) is 12.1 Å². The van der Waals surface area contributed by atoms with Gasteiger partial charge in [0, 0.05) is 29.1 Å². The molecule has 3 rings (SSSR count). The van der Waals surface area contributed by atoms with Crippen LogP contribution in [0, 0.1) is 5.82 Å². The molecule has 0 bridgehead atoms. The molecule has 0 unspecified atom stereocenters. The van der Waals surface area contributed by atoms with Crippen LogP contribution in [0.3, 0.4) is 0 Å². The Labute approximate surface area is 186 Å². The van der Waals surface area contributed by atoms with E-state index in [-0.39, 0.29) is 28.7 Å². The maximum atomic E-state index is 13.8. The number of halogens is 5. The van der Waals surface area contributed by atoms with Gasteiger partial charge in [-0.2, -0.15) is 0 Å². The maximum Gasteiger partial charge on any atom is 0.573 e. The van der Waals surface area contributed by atoms with Crippen LogP contribution in [0.1, 0.15) is 15.9 Å². The molecule has 0 aromatic heterocycles. The van der Waals surface area contributed by atoms with Crippen molar-refractivity contribution in [1.82, 2.24) is 0 Å². The fraction of sp³-hybridized carbons (Fsp3) is 0.0870. The van der Waals surface area contributed by atoms with Crippen LogP contribution in [-0.2, 0) is 6.61 Å². The Morgan fingerprint density at radius 2 is 1.62 bits per heavy atom. The fourth-order valence-electron chi connectivity index (χ4n) is 2.60. The Morgan fingerprint density at radius 3 is 2.25 bits per heavy atom. The molecule has 3 aromatic carbocycles. The largest absolute Gasteiger partial charge is 0.573 e. The third-order valence-corrected chi connectivity index (χ3v) is 4.51. The Morgan fingerprint density at radius 1 is 0.969 bits per heavy atom. The molecule has 0 fully saturated rings. The van der Waals surface area contributed by atoms with Gasteiger partial charge in [0.1, 0.15) is 23.9 Å². The van der Waals surface area contributed by atoms with E-state index in [1.807, 2.05) is 0 Å². The standard InChI is InChI=1S/C23H16ClF4NO3/c24-20-2-1-3-21(25)19(20)14-31-17-8-4-15(5-9-17)22(30)12-13-29-16-6-10-18(11-7-16)32-23(26,27)28/h1-13,29H,14H2. The zero-order valence-electron chi connectivity index (χ0n) is 16.3. The summed E-state index contributed by atoms with van der Waals surface area (Å²) in [4.78, 5) is 12.2. The minimum Gasteiger partial charge on any atom is -0.489 e. The SMILES string of the molecule is O=C(C=CNc1ccc(OC(F)(F)F)cc1)c1ccc(OCc2c(F)cccc2Cl)cc1. The summed E-state index contributed by atoms with van der Waals surface area (Å²) in [6.07, 6.45) is -2.12. The highest BCUT2D eigenvalue weighted by atomic mass is 35.5. The molecule has 0 amide bonds. The molecule has 32 heavy (non-hydrogen) atoms. The Hall–Kier alpha value is -3.52. The minimum absolute atomic E-state index is 0.0601. The van der Waals surface area contributed by atoms with Gasteiger partial charge in [-0.05, 0) is 60.7 Å². The first-order valence-corrected chi connectivity index (χ1v) is 9.58. The molecule has 0 spiro atoms. The Balaban J connectivity index is 1.52. The number of benzene rings is 3. The monoisotopic (exact) mass is 465 g/mol. The van der Waals surface area contributed by atoms with E-state index in [2.05, 4.69) is 10.1 Å². The number of alkyl halides is 3. The van der Waals surface area contributed by atoms with Gasteiger partial charge in [0.15, 0.2) is 5.78 Å². The van der Waals surface area contributed by atoms with Crippen molar-refractivity contribution in [3.63, 3.8) is 0 Å². The van der Waals surface area contributed by atoms with Gasteiger partial charge in [0.05, 0.1) is 5.02 Å². The highest BCUT2D eigenvalue weighted by Crippen LogP contribution is 2.24. The van der Waals surface area contributed by atoms with Crippen molar-refractivity contribution >= 4 is 23.1 Å². The number of anilines is 1. The summed E-state index contributed by atoms with van der Waals surface area (Å²) < 4.78 is 59.6. The number of nitrogens with one attached hydrogen (secondary N) is 1. The van der Waals surface area contributed by atoms with Crippen LogP contribution in [0.2, 0.25) is 5.02 Å². The van der Waals surface area contributed by atoms with E-state index in [9.17, 15) is 22.4 Å². The molecule has 0 saturated heterocycles. The van der Waals surface area contributed by atoms with Gasteiger partial charge in [0.25, 0.3) is 0 Å². The lowest BCUT2D eigenvalue weighted by atomic mass is 10.1. The van der Waals surface area contributed by atoms with E-state index in [0.29, 0.717) is 17.0 Å². The number of carbonyl (C=O) groups is 1. The summed E-state index contributed by atoms with van der Waals surface area (Å²) in [5, 5.41) is 3.05. The van der Waals surface area contributed by atoms with Crippen LogP contribution < -0.4 is 14.8 Å². The zero-order valence-corrected chi connectivity index (χ0v) is 17.1. The van der Waals surface area contributed by atoms with E-state index >= 15 is 0 Å². The van der Waals surface area contributed by atoms with Crippen molar-refractivity contribution in [1.29, 1.82) is 0 Å². The molecule has 3 aromatic rings. The predicted octanol–water partition coefficient (Wildman–Crippen LogP) is 6.77. The molecule has 4 nitrogen and oxygen atoms in total. The average Bonchev–Trinajstić information content (AvgIpc) is 2.74. The third kappa shape index (κ3) is 6.75. The van der Waals surface area contributed by atoms with E-state index < -0.39 is 12.2 Å². The molecule has 0 aliphatic carbocycles. The van der Waals surface area contributed by atoms with Gasteiger partial charge in [-0.3, -0.25) is 4.79 Å². The lowest BCUT2D eigenvalue weighted by Crippen LogP contribution is -2.16. The number of ketones is 1. The van der Waals surface area contributed by atoms with Crippen molar-refractivity contribution in [2.24, 2.45) is 0 Å². The summed E-state index contributed by atoms with van der Waals surface area (Å²) in [5.74, 6) is -0.686.